The number of fused-ring (bicyclic) bond motifs is 1. The lowest BCUT2D eigenvalue weighted by atomic mass is 10.1. The number of nitrogens with zero attached hydrogens (tertiary/aromatic N) is 4. The molecular weight excluding hydrogens is 274 g/mol. The first kappa shape index (κ1) is 12.7. The van der Waals surface area contributed by atoms with Gasteiger partial charge < -0.3 is 10.1 Å². The molecule has 2 unspecified atom stereocenters. The van der Waals surface area contributed by atoms with Gasteiger partial charge in [0.25, 0.3) is 0 Å². The van der Waals surface area contributed by atoms with E-state index in [2.05, 4.69) is 15.5 Å². The normalized spacial score (nSPS) is 27.9. The molecule has 6 nitrogen and oxygen atoms in total. The molecule has 1 saturated heterocycles. The maximum Gasteiger partial charge on any atom is 0.234 e. The predicted molar refractivity (Wildman–Crippen MR) is 76.0 cm³/mol. The highest BCUT2D eigenvalue weighted by molar-refractivity contribution is 7.16. The molecule has 0 spiro atoms. The number of rotatable bonds is 3. The van der Waals surface area contributed by atoms with Gasteiger partial charge in [0.05, 0.1) is 12.1 Å². The summed E-state index contributed by atoms with van der Waals surface area (Å²) >= 11 is 1.65. The highest BCUT2D eigenvalue weighted by Gasteiger charge is 2.30. The monoisotopic (exact) mass is 293 g/mol. The predicted octanol–water partition coefficient (Wildman–Crippen LogP) is 1.89. The van der Waals surface area contributed by atoms with Gasteiger partial charge in [-0.3, -0.25) is 0 Å². The van der Waals surface area contributed by atoms with E-state index in [1.807, 2.05) is 4.52 Å². The third kappa shape index (κ3) is 2.04. The van der Waals surface area contributed by atoms with Crippen molar-refractivity contribution >= 4 is 16.3 Å². The summed E-state index contributed by atoms with van der Waals surface area (Å²) in [6, 6.07) is 0.295. The van der Waals surface area contributed by atoms with Gasteiger partial charge in [-0.15, -0.1) is 10.2 Å². The third-order valence-electron chi connectivity index (χ3n) is 4.47. The fourth-order valence-corrected chi connectivity index (χ4v) is 4.23. The van der Waals surface area contributed by atoms with Crippen LogP contribution in [0.15, 0.2) is 0 Å². The first-order valence-corrected chi connectivity index (χ1v) is 8.15. The molecule has 2 aliphatic rings. The Kier molecular flexibility index (Phi) is 3.20. The molecule has 0 radical (unpaired) electrons. The SMILES string of the molecule is COC1CNC(c2nn3c(C4CCCC4)nnc3s2)C1. The van der Waals surface area contributed by atoms with E-state index in [0.717, 1.165) is 28.8 Å². The van der Waals surface area contributed by atoms with E-state index in [4.69, 9.17) is 9.84 Å². The maximum absolute atomic E-state index is 5.40. The Morgan fingerprint density at radius 1 is 1.30 bits per heavy atom. The van der Waals surface area contributed by atoms with Crippen molar-refractivity contribution < 1.29 is 4.74 Å². The van der Waals surface area contributed by atoms with Gasteiger partial charge in [-0.2, -0.15) is 9.61 Å². The van der Waals surface area contributed by atoms with Crippen LogP contribution in [0.2, 0.25) is 0 Å². The van der Waals surface area contributed by atoms with Crippen molar-refractivity contribution in [1.29, 1.82) is 0 Å². The minimum absolute atomic E-state index is 0.295. The van der Waals surface area contributed by atoms with Gasteiger partial charge in [0.1, 0.15) is 5.01 Å². The molecule has 2 aromatic rings. The lowest BCUT2D eigenvalue weighted by Crippen LogP contribution is -2.16. The van der Waals surface area contributed by atoms with E-state index in [9.17, 15) is 0 Å². The lowest BCUT2D eigenvalue weighted by Gasteiger charge is -2.06. The second-order valence-electron chi connectivity index (χ2n) is 5.73. The molecule has 108 valence electrons. The Bertz CT molecular complexity index is 603. The molecule has 2 fully saturated rings. The Morgan fingerprint density at radius 3 is 2.90 bits per heavy atom. The van der Waals surface area contributed by atoms with Gasteiger partial charge >= 0.3 is 0 Å². The van der Waals surface area contributed by atoms with Crippen molar-refractivity contribution in [2.75, 3.05) is 13.7 Å². The van der Waals surface area contributed by atoms with Crippen LogP contribution in [0.3, 0.4) is 0 Å². The van der Waals surface area contributed by atoms with Gasteiger partial charge in [-0.25, -0.2) is 0 Å². The zero-order valence-electron chi connectivity index (χ0n) is 11.6. The number of hydrogen-bond donors (Lipinski definition) is 1. The molecule has 7 heteroatoms. The van der Waals surface area contributed by atoms with Gasteiger partial charge in [0.2, 0.25) is 4.96 Å². The quantitative estimate of drug-likeness (QED) is 0.936. The highest BCUT2D eigenvalue weighted by Crippen LogP contribution is 2.35. The molecule has 2 aromatic heterocycles. The van der Waals surface area contributed by atoms with Crippen LogP contribution in [-0.4, -0.2) is 39.6 Å². The minimum atomic E-state index is 0.295. The lowest BCUT2D eigenvalue weighted by molar-refractivity contribution is 0.117. The van der Waals surface area contributed by atoms with Crippen LogP contribution in [0.5, 0.6) is 0 Å². The molecule has 1 aliphatic heterocycles. The first-order valence-electron chi connectivity index (χ1n) is 7.33. The van der Waals surface area contributed by atoms with Crippen LogP contribution in [-0.2, 0) is 4.74 Å². The molecule has 0 aromatic carbocycles. The zero-order chi connectivity index (χ0) is 13.5. The molecule has 3 heterocycles. The average Bonchev–Trinajstić information content (AvgIpc) is 3.20. The van der Waals surface area contributed by atoms with E-state index in [1.54, 1.807) is 18.4 Å². The van der Waals surface area contributed by atoms with Gasteiger partial charge in [0, 0.05) is 19.6 Å². The Morgan fingerprint density at radius 2 is 2.15 bits per heavy atom. The van der Waals surface area contributed by atoms with Crippen molar-refractivity contribution in [2.45, 2.75) is 50.2 Å². The van der Waals surface area contributed by atoms with E-state index in [-0.39, 0.29) is 0 Å². The molecule has 2 atom stereocenters. The Balaban J connectivity index is 1.62. The van der Waals surface area contributed by atoms with Gasteiger partial charge in [0.15, 0.2) is 5.82 Å². The Hall–Kier alpha value is -1.05. The zero-order valence-corrected chi connectivity index (χ0v) is 12.4. The molecule has 1 aliphatic carbocycles. The number of ether oxygens (including phenoxy) is 1. The summed E-state index contributed by atoms with van der Waals surface area (Å²) in [7, 11) is 1.77. The molecule has 1 saturated carbocycles. The van der Waals surface area contributed by atoms with E-state index in [0.29, 0.717) is 18.1 Å². The van der Waals surface area contributed by atoms with Crippen molar-refractivity contribution in [3.8, 4) is 0 Å². The molecule has 4 rings (SSSR count). The van der Waals surface area contributed by atoms with Crippen molar-refractivity contribution in [1.82, 2.24) is 25.1 Å². The fraction of sp³-hybridized carbons (Fsp3) is 0.769. The summed E-state index contributed by atoms with van der Waals surface area (Å²) in [6.45, 7) is 0.900. The highest BCUT2D eigenvalue weighted by atomic mass is 32.1. The molecule has 1 N–H and O–H groups in total. The van der Waals surface area contributed by atoms with E-state index < -0.39 is 0 Å². The summed E-state index contributed by atoms with van der Waals surface area (Å²) in [5.41, 5.74) is 0. The van der Waals surface area contributed by atoms with Crippen LogP contribution in [0.4, 0.5) is 0 Å². The van der Waals surface area contributed by atoms with Crippen molar-refractivity contribution in [3.05, 3.63) is 10.8 Å². The molecule has 0 bridgehead atoms. The standard InChI is InChI=1S/C13H19N5OS/c1-19-9-6-10(14-7-9)12-17-18-11(8-4-2-3-5-8)15-16-13(18)20-12/h8-10,14H,2-7H2,1H3. The van der Waals surface area contributed by atoms with Gasteiger partial charge in [-0.05, 0) is 19.3 Å². The topological polar surface area (TPSA) is 64.3 Å². The van der Waals surface area contributed by atoms with Crippen molar-refractivity contribution in [3.63, 3.8) is 0 Å². The maximum atomic E-state index is 5.40. The van der Waals surface area contributed by atoms with Crippen LogP contribution < -0.4 is 5.32 Å². The van der Waals surface area contributed by atoms with Crippen LogP contribution in [0.25, 0.3) is 4.96 Å². The van der Waals surface area contributed by atoms with E-state index >= 15 is 0 Å². The average molecular weight is 293 g/mol. The second kappa shape index (κ2) is 5.05. The second-order valence-corrected chi connectivity index (χ2v) is 6.72. The fourth-order valence-electron chi connectivity index (χ4n) is 3.30. The molecular formula is C13H19N5OS. The van der Waals surface area contributed by atoms with Crippen molar-refractivity contribution in [2.24, 2.45) is 0 Å². The van der Waals surface area contributed by atoms with Crippen LogP contribution in [0.1, 0.15) is 54.9 Å². The first-order chi connectivity index (χ1) is 9.85. The Labute approximate surface area is 121 Å². The summed E-state index contributed by atoms with van der Waals surface area (Å²) < 4.78 is 7.37. The number of aromatic nitrogens is 4. The number of hydrogen-bond acceptors (Lipinski definition) is 6. The largest absolute Gasteiger partial charge is 0.380 e. The number of methoxy groups -OCH3 is 1. The summed E-state index contributed by atoms with van der Waals surface area (Å²) in [5.74, 6) is 1.60. The van der Waals surface area contributed by atoms with Crippen LogP contribution >= 0.6 is 11.3 Å². The number of nitrogens with one attached hydrogen (secondary N) is 1. The minimum Gasteiger partial charge on any atom is -0.380 e. The third-order valence-corrected chi connectivity index (χ3v) is 5.49. The smallest absolute Gasteiger partial charge is 0.234 e. The van der Waals surface area contributed by atoms with E-state index in [1.165, 1.54) is 25.7 Å². The molecule has 20 heavy (non-hydrogen) atoms. The van der Waals surface area contributed by atoms with Gasteiger partial charge in [-0.1, -0.05) is 24.2 Å². The summed E-state index contributed by atoms with van der Waals surface area (Å²) in [5, 5.41) is 18.0. The molecule has 0 amide bonds. The summed E-state index contributed by atoms with van der Waals surface area (Å²) in [4.78, 5) is 0.921. The summed E-state index contributed by atoms with van der Waals surface area (Å²) in [6.07, 6.45) is 6.33. The van der Waals surface area contributed by atoms with Crippen LogP contribution in [0, 0.1) is 0 Å².